The van der Waals surface area contributed by atoms with Gasteiger partial charge in [-0.25, -0.2) is 0 Å². The predicted molar refractivity (Wildman–Crippen MR) is 88.8 cm³/mol. The van der Waals surface area contributed by atoms with Crippen molar-refractivity contribution in [1.29, 1.82) is 0 Å². The molecule has 2 aromatic rings. The van der Waals surface area contributed by atoms with Gasteiger partial charge >= 0.3 is 0 Å². The highest BCUT2D eigenvalue weighted by atomic mass is 35.5. The molecule has 6 nitrogen and oxygen atoms in total. The Kier molecular flexibility index (Phi) is 4.04. The number of nitrogens with zero attached hydrogens (tertiary/aromatic N) is 2. The van der Waals surface area contributed by atoms with E-state index in [-0.39, 0.29) is 5.91 Å². The van der Waals surface area contributed by atoms with E-state index < -0.39 is 5.79 Å². The van der Waals surface area contributed by atoms with Crippen molar-refractivity contribution in [3.05, 3.63) is 41.0 Å². The minimum atomic E-state index is -0.480. The van der Waals surface area contributed by atoms with Gasteiger partial charge in [-0.3, -0.25) is 9.89 Å². The van der Waals surface area contributed by atoms with Crippen molar-refractivity contribution in [3.63, 3.8) is 0 Å². The van der Waals surface area contributed by atoms with Gasteiger partial charge in [-0.2, -0.15) is 5.10 Å². The zero-order valence-corrected chi connectivity index (χ0v) is 13.9. The number of piperidine rings is 1. The van der Waals surface area contributed by atoms with Crippen LogP contribution in [0.3, 0.4) is 0 Å². The number of aromatic nitrogens is 2. The average molecular weight is 348 g/mol. The Labute approximate surface area is 144 Å². The van der Waals surface area contributed by atoms with Crippen molar-refractivity contribution in [2.75, 3.05) is 26.3 Å². The summed E-state index contributed by atoms with van der Waals surface area (Å²) in [6.07, 6.45) is 2.99. The van der Waals surface area contributed by atoms with Gasteiger partial charge in [0.05, 0.1) is 30.7 Å². The minimum Gasteiger partial charge on any atom is -0.347 e. The van der Waals surface area contributed by atoms with Crippen LogP contribution in [0, 0.1) is 0 Å². The van der Waals surface area contributed by atoms with E-state index in [4.69, 9.17) is 21.1 Å². The molecule has 0 bridgehead atoms. The summed E-state index contributed by atoms with van der Waals surface area (Å²) in [7, 11) is 0. The van der Waals surface area contributed by atoms with Gasteiger partial charge in [0.2, 0.25) is 0 Å². The summed E-state index contributed by atoms with van der Waals surface area (Å²) >= 11 is 5.93. The molecule has 1 N–H and O–H groups in total. The van der Waals surface area contributed by atoms with Gasteiger partial charge in [0.1, 0.15) is 0 Å². The summed E-state index contributed by atoms with van der Waals surface area (Å²) in [5.41, 5.74) is 2.17. The van der Waals surface area contributed by atoms with Crippen molar-refractivity contribution >= 4 is 17.5 Å². The van der Waals surface area contributed by atoms with E-state index in [2.05, 4.69) is 10.2 Å². The van der Waals surface area contributed by atoms with Crippen LogP contribution in [-0.2, 0) is 9.47 Å². The lowest BCUT2D eigenvalue weighted by molar-refractivity contribution is -0.181. The molecule has 2 aliphatic heterocycles. The standard InChI is InChI=1S/C17H18ClN3O3/c18-13-3-1-12(2-4-13)15-14(11-19-20-15)16(22)21-7-5-17(6-8-21)23-9-10-24-17/h1-4,11H,5-10H2,(H,19,20). The molecule has 2 fully saturated rings. The van der Waals surface area contributed by atoms with Crippen molar-refractivity contribution in [3.8, 4) is 11.3 Å². The van der Waals surface area contributed by atoms with Crippen LogP contribution in [0.25, 0.3) is 11.3 Å². The molecule has 7 heteroatoms. The van der Waals surface area contributed by atoms with Gasteiger partial charge < -0.3 is 14.4 Å². The van der Waals surface area contributed by atoms with E-state index in [0.717, 1.165) is 5.56 Å². The fraction of sp³-hybridized carbons (Fsp3) is 0.412. The maximum atomic E-state index is 12.9. The number of H-pyrrole nitrogens is 1. The molecule has 1 amide bonds. The number of aromatic amines is 1. The number of amides is 1. The Bertz CT molecular complexity index is 728. The molecule has 24 heavy (non-hydrogen) atoms. The maximum Gasteiger partial charge on any atom is 0.257 e. The number of benzene rings is 1. The Morgan fingerprint density at radius 3 is 2.50 bits per heavy atom. The topological polar surface area (TPSA) is 67.5 Å². The normalized spacial score (nSPS) is 19.8. The number of carbonyl (C=O) groups excluding carboxylic acids is 1. The van der Waals surface area contributed by atoms with Crippen LogP contribution in [-0.4, -0.2) is 53.1 Å². The van der Waals surface area contributed by atoms with Crippen LogP contribution in [0.2, 0.25) is 5.02 Å². The second-order valence-corrected chi connectivity index (χ2v) is 6.50. The molecule has 4 rings (SSSR count). The fourth-order valence-electron chi connectivity index (χ4n) is 3.29. The van der Waals surface area contributed by atoms with E-state index in [1.54, 1.807) is 18.3 Å². The van der Waals surface area contributed by atoms with Crippen LogP contribution in [0.1, 0.15) is 23.2 Å². The van der Waals surface area contributed by atoms with Crippen LogP contribution in [0.15, 0.2) is 30.5 Å². The molecule has 0 unspecified atom stereocenters. The number of hydrogen-bond donors (Lipinski definition) is 1. The van der Waals surface area contributed by atoms with Gasteiger partial charge in [-0.05, 0) is 12.1 Å². The molecule has 2 saturated heterocycles. The zero-order chi connectivity index (χ0) is 16.6. The second-order valence-electron chi connectivity index (χ2n) is 6.07. The first-order valence-electron chi connectivity index (χ1n) is 8.03. The maximum absolute atomic E-state index is 12.9. The first-order valence-corrected chi connectivity index (χ1v) is 8.41. The smallest absolute Gasteiger partial charge is 0.257 e. The monoisotopic (exact) mass is 347 g/mol. The van der Waals surface area contributed by atoms with E-state index >= 15 is 0 Å². The van der Waals surface area contributed by atoms with E-state index in [0.29, 0.717) is 55.4 Å². The Morgan fingerprint density at radius 1 is 1.17 bits per heavy atom. The first-order chi connectivity index (χ1) is 11.7. The summed E-state index contributed by atoms with van der Waals surface area (Å²) in [4.78, 5) is 14.7. The van der Waals surface area contributed by atoms with Crippen LogP contribution < -0.4 is 0 Å². The third-order valence-electron chi connectivity index (χ3n) is 4.63. The Hall–Kier alpha value is -1.89. The second kappa shape index (κ2) is 6.20. The number of ether oxygens (including phenoxy) is 2. The van der Waals surface area contributed by atoms with Crippen LogP contribution in [0.4, 0.5) is 0 Å². The summed E-state index contributed by atoms with van der Waals surface area (Å²) in [6.45, 7) is 2.50. The summed E-state index contributed by atoms with van der Waals surface area (Å²) in [6, 6.07) is 7.34. The molecular formula is C17H18ClN3O3. The number of hydrogen-bond acceptors (Lipinski definition) is 4. The lowest BCUT2D eigenvalue weighted by atomic mass is 10.0. The Morgan fingerprint density at radius 2 is 1.83 bits per heavy atom. The summed E-state index contributed by atoms with van der Waals surface area (Å²) in [5, 5.41) is 7.63. The number of carbonyl (C=O) groups is 1. The molecule has 3 heterocycles. The first kappa shape index (κ1) is 15.6. The number of likely N-dealkylation sites (tertiary alicyclic amines) is 1. The number of rotatable bonds is 2. The van der Waals surface area contributed by atoms with Crippen LogP contribution in [0.5, 0.6) is 0 Å². The minimum absolute atomic E-state index is 0.0263. The van der Waals surface area contributed by atoms with Crippen molar-refractivity contribution in [1.82, 2.24) is 15.1 Å². The number of halogens is 1. The van der Waals surface area contributed by atoms with Gasteiger partial charge in [0.15, 0.2) is 5.79 Å². The third kappa shape index (κ3) is 2.81. The van der Waals surface area contributed by atoms with E-state index in [9.17, 15) is 4.79 Å². The van der Waals surface area contributed by atoms with Gasteiger partial charge in [-0.1, -0.05) is 23.7 Å². The predicted octanol–water partition coefficient (Wildman–Crippen LogP) is 2.71. The largest absolute Gasteiger partial charge is 0.347 e. The van der Waals surface area contributed by atoms with Crippen molar-refractivity contribution < 1.29 is 14.3 Å². The quantitative estimate of drug-likeness (QED) is 0.907. The highest BCUT2D eigenvalue weighted by Crippen LogP contribution is 2.32. The molecule has 0 radical (unpaired) electrons. The fourth-order valence-corrected chi connectivity index (χ4v) is 3.42. The van der Waals surface area contributed by atoms with Crippen LogP contribution >= 0.6 is 11.6 Å². The van der Waals surface area contributed by atoms with Gasteiger partial charge in [-0.15, -0.1) is 0 Å². The van der Waals surface area contributed by atoms with Gasteiger partial charge in [0, 0.05) is 36.5 Å². The summed E-state index contributed by atoms with van der Waals surface area (Å²) < 4.78 is 11.4. The average Bonchev–Trinajstić information content (AvgIpc) is 3.26. The highest BCUT2D eigenvalue weighted by Gasteiger charge is 2.41. The van der Waals surface area contributed by atoms with E-state index in [1.165, 1.54) is 0 Å². The Balaban J connectivity index is 1.51. The SMILES string of the molecule is O=C(c1cn[nH]c1-c1ccc(Cl)cc1)N1CCC2(CC1)OCCO2. The number of nitrogens with one attached hydrogen (secondary N) is 1. The molecule has 1 spiro atoms. The molecule has 0 saturated carbocycles. The summed E-state index contributed by atoms with van der Waals surface area (Å²) in [5.74, 6) is -0.506. The zero-order valence-electron chi connectivity index (χ0n) is 13.1. The van der Waals surface area contributed by atoms with Gasteiger partial charge in [0.25, 0.3) is 5.91 Å². The van der Waals surface area contributed by atoms with Crippen molar-refractivity contribution in [2.45, 2.75) is 18.6 Å². The lowest BCUT2D eigenvalue weighted by Gasteiger charge is -2.37. The molecule has 0 atom stereocenters. The molecule has 126 valence electrons. The molecule has 1 aromatic heterocycles. The van der Waals surface area contributed by atoms with E-state index in [1.807, 2.05) is 17.0 Å². The highest BCUT2D eigenvalue weighted by molar-refractivity contribution is 6.30. The molecule has 1 aromatic carbocycles. The molecule has 2 aliphatic rings. The molecule has 0 aliphatic carbocycles. The lowest BCUT2D eigenvalue weighted by Crippen LogP contribution is -2.47. The van der Waals surface area contributed by atoms with Crippen molar-refractivity contribution in [2.24, 2.45) is 0 Å². The molecular weight excluding hydrogens is 330 g/mol. The third-order valence-corrected chi connectivity index (χ3v) is 4.88.